The van der Waals surface area contributed by atoms with Gasteiger partial charge in [0, 0.05) is 31.6 Å². The Balaban J connectivity index is 1.44. The second-order valence-electron chi connectivity index (χ2n) is 7.76. The van der Waals surface area contributed by atoms with Crippen molar-refractivity contribution in [3.05, 3.63) is 76.9 Å². The molecule has 0 spiro atoms. The van der Waals surface area contributed by atoms with Crippen LogP contribution in [0.5, 0.6) is 0 Å². The Morgan fingerprint density at radius 1 is 1.06 bits per heavy atom. The molecule has 164 valence electrons. The van der Waals surface area contributed by atoms with Crippen LogP contribution in [0.2, 0.25) is 0 Å². The molecule has 1 aliphatic heterocycles. The summed E-state index contributed by atoms with van der Waals surface area (Å²) in [4.78, 5) is 26.5. The Labute approximate surface area is 179 Å². The summed E-state index contributed by atoms with van der Waals surface area (Å²) in [7, 11) is 0. The number of amides is 1. The highest BCUT2D eigenvalue weighted by Crippen LogP contribution is 2.29. The number of hydrogen-bond donors (Lipinski definition) is 1. The van der Waals surface area contributed by atoms with Crippen LogP contribution in [0.1, 0.15) is 29.5 Å². The number of rotatable bonds is 7. The maximum Gasteiger partial charge on any atom is 0.416 e. The van der Waals surface area contributed by atoms with Gasteiger partial charge in [0.15, 0.2) is 5.78 Å². The number of ketones is 1. The first-order valence-electron chi connectivity index (χ1n) is 10.1. The Morgan fingerprint density at radius 2 is 1.81 bits per heavy atom. The molecule has 0 unspecified atom stereocenters. The van der Waals surface area contributed by atoms with E-state index in [4.69, 9.17) is 0 Å². The molecule has 0 radical (unpaired) electrons. The van der Waals surface area contributed by atoms with Crippen molar-refractivity contribution in [3.63, 3.8) is 0 Å². The molecule has 1 amide bonds. The average molecular weight is 430 g/mol. The first kappa shape index (κ1) is 22.6. The van der Waals surface area contributed by atoms with Crippen LogP contribution in [0.4, 0.5) is 18.9 Å². The van der Waals surface area contributed by atoms with Crippen LogP contribution in [-0.4, -0.2) is 31.3 Å². The number of hydrogen-bond acceptors (Lipinski definition) is 3. The number of halogens is 3. The predicted octanol–water partition coefficient (Wildman–Crippen LogP) is 4.47. The quantitative estimate of drug-likeness (QED) is 0.660. The molecule has 0 aromatic heterocycles. The Morgan fingerprint density at radius 3 is 2.45 bits per heavy atom. The van der Waals surface area contributed by atoms with E-state index < -0.39 is 11.7 Å². The molecule has 2 aromatic carbocycles. The SMILES string of the molecule is Cc1ccc(N2CC=C(CC(=O)NCC(=O)Cc3cccc(C(F)(F)F)c3)CC2)cc1. The summed E-state index contributed by atoms with van der Waals surface area (Å²) in [5, 5.41) is 2.58. The van der Waals surface area contributed by atoms with Gasteiger partial charge in [-0.3, -0.25) is 9.59 Å². The third-order valence-electron chi connectivity index (χ3n) is 5.23. The minimum absolute atomic E-state index is 0.154. The largest absolute Gasteiger partial charge is 0.416 e. The van der Waals surface area contributed by atoms with E-state index in [1.165, 1.54) is 17.7 Å². The number of anilines is 1. The van der Waals surface area contributed by atoms with Crippen LogP contribution in [0.25, 0.3) is 0 Å². The van der Waals surface area contributed by atoms with Gasteiger partial charge in [0.05, 0.1) is 12.1 Å². The first-order valence-corrected chi connectivity index (χ1v) is 10.1. The van der Waals surface area contributed by atoms with Gasteiger partial charge >= 0.3 is 6.18 Å². The molecule has 0 saturated carbocycles. The smallest absolute Gasteiger partial charge is 0.367 e. The van der Waals surface area contributed by atoms with Gasteiger partial charge < -0.3 is 10.2 Å². The lowest BCUT2D eigenvalue weighted by atomic mass is 10.0. The average Bonchev–Trinajstić information content (AvgIpc) is 2.73. The highest BCUT2D eigenvalue weighted by molar-refractivity contribution is 5.88. The lowest BCUT2D eigenvalue weighted by Crippen LogP contribution is -2.32. The summed E-state index contributed by atoms with van der Waals surface area (Å²) in [5.74, 6) is -0.594. The molecule has 1 aliphatic rings. The number of nitrogens with zero attached hydrogens (tertiary/aromatic N) is 1. The van der Waals surface area contributed by atoms with Crippen LogP contribution in [0, 0.1) is 6.92 Å². The molecule has 0 atom stereocenters. The van der Waals surface area contributed by atoms with Crippen molar-refractivity contribution >= 4 is 17.4 Å². The molecule has 4 nitrogen and oxygen atoms in total. The number of carbonyl (C=O) groups excluding carboxylic acids is 2. The fourth-order valence-electron chi connectivity index (χ4n) is 3.48. The summed E-state index contributed by atoms with van der Waals surface area (Å²) in [6, 6.07) is 13.0. The summed E-state index contributed by atoms with van der Waals surface area (Å²) < 4.78 is 38.3. The minimum atomic E-state index is -4.45. The normalized spacial score (nSPS) is 14.2. The number of alkyl halides is 3. The fourth-order valence-corrected chi connectivity index (χ4v) is 3.48. The number of benzene rings is 2. The lowest BCUT2D eigenvalue weighted by Gasteiger charge is -2.28. The van der Waals surface area contributed by atoms with E-state index in [9.17, 15) is 22.8 Å². The van der Waals surface area contributed by atoms with Gasteiger partial charge in [0.2, 0.25) is 5.91 Å². The molecular weight excluding hydrogens is 405 g/mol. The molecular formula is C24H25F3N2O2. The van der Waals surface area contributed by atoms with Crippen LogP contribution in [0.3, 0.4) is 0 Å². The van der Waals surface area contributed by atoms with Gasteiger partial charge in [0.25, 0.3) is 0 Å². The number of nitrogens with one attached hydrogen (secondary N) is 1. The molecule has 1 N–H and O–H groups in total. The Hall–Kier alpha value is -3.09. The number of aryl methyl sites for hydroxylation is 1. The van der Waals surface area contributed by atoms with E-state index in [0.717, 1.165) is 42.9 Å². The zero-order valence-corrected chi connectivity index (χ0v) is 17.3. The van der Waals surface area contributed by atoms with E-state index in [1.807, 2.05) is 13.0 Å². The van der Waals surface area contributed by atoms with E-state index in [0.29, 0.717) is 0 Å². The molecule has 0 aliphatic carbocycles. The van der Waals surface area contributed by atoms with E-state index in [2.05, 4.69) is 34.5 Å². The minimum Gasteiger partial charge on any atom is -0.367 e. The van der Waals surface area contributed by atoms with Crippen LogP contribution >= 0.6 is 0 Å². The molecule has 0 saturated heterocycles. The van der Waals surface area contributed by atoms with E-state index in [1.54, 1.807) is 0 Å². The van der Waals surface area contributed by atoms with Crippen LogP contribution in [-0.2, 0) is 22.2 Å². The van der Waals surface area contributed by atoms with Gasteiger partial charge in [-0.15, -0.1) is 0 Å². The van der Waals surface area contributed by atoms with Crippen molar-refractivity contribution < 1.29 is 22.8 Å². The lowest BCUT2D eigenvalue weighted by molar-refractivity contribution is -0.137. The number of Topliss-reactive ketones (excluding diaryl/α,β-unsaturated/α-hetero) is 1. The van der Waals surface area contributed by atoms with Crippen molar-refractivity contribution in [2.75, 3.05) is 24.5 Å². The maximum atomic E-state index is 12.8. The van der Waals surface area contributed by atoms with Crippen molar-refractivity contribution in [1.29, 1.82) is 0 Å². The standard InChI is InChI=1S/C24H25F3N2O2/c1-17-5-7-21(8-6-17)29-11-9-18(10-12-29)15-23(31)28-16-22(30)14-19-3-2-4-20(13-19)24(25,26)27/h2-9,13H,10-12,14-16H2,1H3,(H,28,31). The monoisotopic (exact) mass is 430 g/mol. The molecule has 1 heterocycles. The van der Waals surface area contributed by atoms with Gasteiger partial charge in [-0.2, -0.15) is 13.2 Å². The Bertz CT molecular complexity index is 966. The second-order valence-corrected chi connectivity index (χ2v) is 7.76. The van der Waals surface area contributed by atoms with Crippen molar-refractivity contribution in [3.8, 4) is 0 Å². The molecule has 0 fully saturated rings. The summed E-state index contributed by atoms with van der Waals surface area (Å²) in [5.41, 5.74) is 2.86. The van der Waals surface area contributed by atoms with Gasteiger partial charge in [0.1, 0.15) is 0 Å². The van der Waals surface area contributed by atoms with Gasteiger partial charge in [-0.25, -0.2) is 0 Å². The van der Waals surface area contributed by atoms with Crippen molar-refractivity contribution in [1.82, 2.24) is 5.32 Å². The van der Waals surface area contributed by atoms with Crippen molar-refractivity contribution in [2.45, 2.75) is 32.4 Å². The van der Waals surface area contributed by atoms with Crippen LogP contribution < -0.4 is 10.2 Å². The fraction of sp³-hybridized carbons (Fsp3) is 0.333. The van der Waals surface area contributed by atoms with Gasteiger partial charge in [-0.1, -0.05) is 47.5 Å². The third-order valence-corrected chi connectivity index (χ3v) is 5.23. The second kappa shape index (κ2) is 9.81. The first-order chi connectivity index (χ1) is 14.7. The van der Waals surface area contributed by atoms with Gasteiger partial charge in [-0.05, 0) is 37.1 Å². The zero-order chi connectivity index (χ0) is 22.4. The summed E-state index contributed by atoms with van der Waals surface area (Å²) >= 11 is 0. The highest BCUT2D eigenvalue weighted by atomic mass is 19.4. The predicted molar refractivity (Wildman–Crippen MR) is 114 cm³/mol. The summed E-state index contributed by atoms with van der Waals surface area (Å²) in [6.45, 7) is 3.38. The molecule has 2 aromatic rings. The van der Waals surface area contributed by atoms with E-state index >= 15 is 0 Å². The van der Waals surface area contributed by atoms with E-state index in [-0.39, 0.29) is 36.6 Å². The number of carbonyl (C=O) groups is 2. The Kier molecular flexibility index (Phi) is 7.15. The zero-order valence-electron chi connectivity index (χ0n) is 17.3. The molecule has 0 bridgehead atoms. The molecule has 7 heteroatoms. The van der Waals surface area contributed by atoms with Crippen LogP contribution in [0.15, 0.2) is 60.2 Å². The summed E-state index contributed by atoms with van der Waals surface area (Å²) in [6.07, 6.45) is -1.58. The third kappa shape index (κ3) is 6.70. The maximum absolute atomic E-state index is 12.8. The molecule has 3 rings (SSSR count). The van der Waals surface area contributed by atoms with Crippen molar-refractivity contribution in [2.24, 2.45) is 0 Å². The topological polar surface area (TPSA) is 49.4 Å². The molecule has 31 heavy (non-hydrogen) atoms. The highest BCUT2D eigenvalue weighted by Gasteiger charge is 2.30.